The zero-order chi connectivity index (χ0) is 11.5. The van der Waals surface area contributed by atoms with Gasteiger partial charge in [0.25, 0.3) is 0 Å². The van der Waals surface area contributed by atoms with Crippen molar-refractivity contribution < 1.29 is 9.47 Å². The third-order valence-electron chi connectivity index (χ3n) is 3.14. The minimum absolute atomic E-state index is 0.620. The summed E-state index contributed by atoms with van der Waals surface area (Å²) in [6.07, 6.45) is 1.20. The van der Waals surface area contributed by atoms with Gasteiger partial charge in [-0.15, -0.1) is 0 Å². The van der Waals surface area contributed by atoms with E-state index in [4.69, 9.17) is 15.2 Å². The van der Waals surface area contributed by atoms with E-state index in [1.165, 1.54) is 12.0 Å². The van der Waals surface area contributed by atoms with Crippen LogP contribution in [0.3, 0.4) is 0 Å². The summed E-state index contributed by atoms with van der Waals surface area (Å²) in [6.45, 7) is 3.41. The van der Waals surface area contributed by atoms with Gasteiger partial charge in [0.2, 0.25) is 0 Å². The van der Waals surface area contributed by atoms with E-state index in [-0.39, 0.29) is 0 Å². The number of rotatable bonds is 5. The zero-order valence-corrected chi connectivity index (χ0v) is 9.90. The fraction of sp³-hybridized carbons (Fsp3) is 0.538. The first-order valence-electron chi connectivity index (χ1n) is 5.81. The Bertz CT molecular complexity index is 365. The zero-order valence-electron chi connectivity index (χ0n) is 9.90. The van der Waals surface area contributed by atoms with Crippen molar-refractivity contribution in [3.63, 3.8) is 0 Å². The molecule has 1 saturated carbocycles. The summed E-state index contributed by atoms with van der Waals surface area (Å²) in [5.74, 6) is 2.92. The number of nitrogens with two attached hydrogens (primary N) is 1. The van der Waals surface area contributed by atoms with Crippen molar-refractivity contribution in [3.05, 3.63) is 23.8 Å². The number of benzene rings is 1. The van der Waals surface area contributed by atoms with Crippen LogP contribution in [0.5, 0.6) is 11.5 Å². The molecule has 0 bridgehead atoms. The van der Waals surface area contributed by atoms with Crippen molar-refractivity contribution in [1.29, 1.82) is 0 Å². The summed E-state index contributed by atoms with van der Waals surface area (Å²) in [6, 6.07) is 6.18. The van der Waals surface area contributed by atoms with Crippen molar-refractivity contribution in [1.82, 2.24) is 0 Å². The highest BCUT2D eigenvalue weighted by atomic mass is 16.5. The van der Waals surface area contributed by atoms with Gasteiger partial charge in [-0.25, -0.2) is 0 Å². The van der Waals surface area contributed by atoms with Gasteiger partial charge < -0.3 is 15.2 Å². The van der Waals surface area contributed by atoms with Gasteiger partial charge in [0, 0.05) is 0 Å². The van der Waals surface area contributed by atoms with E-state index in [1.54, 1.807) is 7.11 Å². The Labute approximate surface area is 96.5 Å². The molecular weight excluding hydrogens is 202 g/mol. The molecule has 16 heavy (non-hydrogen) atoms. The second kappa shape index (κ2) is 4.74. The standard InChI is InChI=1S/C13H19NO2/c1-3-16-13-7-9(4-5-12(13)15-2)11-6-10(11)8-14/h4-5,7,10-11H,3,6,8,14H2,1-2H3/t10-,11-/m0/s1. The molecule has 1 aromatic rings. The lowest BCUT2D eigenvalue weighted by molar-refractivity contribution is 0.310. The molecule has 0 aromatic heterocycles. The van der Waals surface area contributed by atoms with Crippen molar-refractivity contribution >= 4 is 0 Å². The van der Waals surface area contributed by atoms with E-state index in [2.05, 4.69) is 12.1 Å². The van der Waals surface area contributed by atoms with Crippen molar-refractivity contribution in [3.8, 4) is 11.5 Å². The summed E-state index contributed by atoms with van der Waals surface area (Å²) < 4.78 is 10.8. The minimum atomic E-state index is 0.620. The second-order valence-corrected chi connectivity index (χ2v) is 4.18. The van der Waals surface area contributed by atoms with E-state index >= 15 is 0 Å². The van der Waals surface area contributed by atoms with Crippen LogP contribution in [-0.4, -0.2) is 20.3 Å². The molecular formula is C13H19NO2. The maximum Gasteiger partial charge on any atom is 0.161 e. The smallest absolute Gasteiger partial charge is 0.161 e. The minimum Gasteiger partial charge on any atom is -0.493 e. The highest BCUT2D eigenvalue weighted by Crippen LogP contribution is 2.48. The molecule has 1 aliphatic rings. The van der Waals surface area contributed by atoms with Gasteiger partial charge in [-0.3, -0.25) is 0 Å². The van der Waals surface area contributed by atoms with E-state index in [0.717, 1.165) is 18.0 Å². The van der Waals surface area contributed by atoms with Gasteiger partial charge in [0.15, 0.2) is 11.5 Å². The Kier molecular flexibility index (Phi) is 3.34. The first-order chi connectivity index (χ1) is 7.80. The second-order valence-electron chi connectivity index (χ2n) is 4.18. The predicted molar refractivity (Wildman–Crippen MR) is 64.1 cm³/mol. The molecule has 3 heteroatoms. The highest BCUT2D eigenvalue weighted by Gasteiger charge is 2.37. The predicted octanol–water partition coefficient (Wildman–Crippen LogP) is 2.16. The third kappa shape index (κ3) is 2.14. The molecule has 1 fully saturated rings. The van der Waals surface area contributed by atoms with E-state index in [1.807, 2.05) is 13.0 Å². The van der Waals surface area contributed by atoms with E-state index in [9.17, 15) is 0 Å². The molecule has 88 valence electrons. The van der Waals surface area contributed by atoms with Crippen molar-refractivity contribution in [2.75, 3.05) is 20.3 Å². The van der Waals surface area contributed by atoms with Gasteiger partial charge in [-0.1, -0.05) is 6.07 Å². The maximum absolute atomic E-state index is 5.66. The number of hydrogen-bond donors (Lipinski definition) is 1. The normalized spacial score (nSPS) is 22.9. The van der Waals surface area contributed by atoms with Crippen LogP contribution in [0.15, 0.2) is 18.2 Å². The van der Waals surface area contributed by atoms with Gasteiger partial charge in [0.1, 0.15) is 0 Å². The van der Waals surface area contributed by atoms with Crippen LogP contribution in [0.4, 0.5) is 0 Å². The van der Waals surface area contributed by atoms with Gasteiger partial charge in [-0.05, 0) is 49.4 Å². The number of hydrogen-bond acceptors (Lipinski definition) is 3. The molecule has 0 spiro atoms. The molecule has 2 N–H and O–H groups in total. The summed E-state index contributed by atoms with van der Waals surface area (Å²) in [7, 11) is 1.66. The van der Waals surface area contributed by atoms with Gasteiger partial charge in [-0.2, -0.15) is 0 Å². The molecule has 1 aliphatic carbocycles. The average Bonchev–Trinajstić information content (AvgIpc) is 3.08. The first kappa shape index (κ1) is 11.3. The summed E-state index contributed by atoms with van der Waals surface area (Å²) in [5.41, 5.74) is 6.98. The fourth-order valence-electron chi connectivity index (χ4n) is 2.11. The van der Waals surface area contributed by atoms with Gasteiger partial charge >= 0.3 is 0 Å². The largest absolute Gasteiger partial charge is 0.493 e. The number of methoxy groups -OCH3 is 1. The number of ether oxygens (including phenoxy) is 2. The molecule has 0 heterocycles. The van der Waals surface area contributed by atoms with E-state index in [0.29, 0.717) is 18.4 Å². The molecule has 1 aromatic carbocycles. The Balaban J connectivity index is 2.18. The molecule has 0 aliphatic heterocycles. The summed E-state index contributed by atoms with van der Waals surface area (Å²) in [5, 5.41) is 0. The van der Waals surface area contributed by atoms with Crippen LogP contribution in [0.2, 0.25) is 0 Å². The van der Waals surface area contributed by atoms with Crippen molar-refractivity contribution in [2.45, 2.75) is 19.3 Å². The molecule has 0 radical (unpaired) electrons. The van der Waals surface area contributed by atoms with Crippen LogP contribution in [-0.2, 0) is 0 Å². The Morgan fingerprint density at radius 1 is 1.38 bits per heavy atom. The lowest BCUT2D eigenvalue weighted by Crippen LogP contribution is -2.02. The van der Waals surface area contributed by atoms with Crippen molar-refractivity contribution in [2.24, 2.45) is 11.7 Å². The fourth-order valence-corrected chi connectivity index (χ4v) is 2.11. The molecule has 0 saturated heterocycles. The maximum atomic E-state index is 5.66. The molecule has 0 unspecified atom stereocenters. The Morgan fingerprint density at radius 3 is 2.75 bits per heavy atom. The third-order valence-corrected chi connectivity index (χ3v) is 3.14. The Hall–Kier alpha value is -1.22. The molecule has 3 nitrogen and oxygen atoms in total. The average molecular weight is 221 g/mol. The van der Waals surface area contributed by atoms with Crippen LogP contribution in [0.25, 0.3) is 0 Å². The SMILES string of the molecule is CCOc1cc([C@@H]2C[C@H]2CN)ccc1OC. The molecule has 2 atom stereocenters. The van der Waals surface area contributed by atoms with E-state index < -0.39 is 0 Å². The first-order valence-corrected chi connectivity index (χ1v) is 5.81. The van der Waals surface area contributed by atoms with Gasteiger partial charge in [0.05, 0.1) is 13.7 Å². The summed E-state index contributed by atoms with van der Waals surface area (Å²) >= 11 is 0. The molecule has 2 rings (SSSR count). The topological polar surface area (TPSA) is 44.5 Å². The quantitative estimate of drug-likeness (QED) is 0.828. The Morgan fingerprint density at radius 2 is 2.19 bits per heavy atom. The summed E-state index contributed by atoms with van der Waals surface area (Å²) in [4.78, 5) is 0. The lowest BCUT2D eigenvalue weighted by atomic mass is 10.1. The van der Waals surface area contributed by atoms with Crippen LogP contribution in [0.1, 0.15) is 24.8 Å². The molecule has 0 amide bonds. The monoisotopic (exact) mass is 221 g/mol. The van der Waals surface area contributed by atoms with Crippen LogP contribution < -0.4 is 15.2 Å². The van der Waals surface area contributed by atoms with Crippen LogP contribution >= 0.6 is 0 Å². The highest BCUT2D eigenvalue weighted by molar-refractivity contribution is 5.45. The van der Waals surface area contributed by atoms with Crippen LogP contribution in [0, 0.1) is 5.92 Å². The lowest BCUT2D eigenvalue weighted by Gasteiger charge is -2.10.